The monoisotopic (exact) mass is 404 g/mol. The third-order valence-electron chi connectivity index (χ3n) is 3.79. The largest absolute Gasteiger partial charge is 0.462 e. The lowest BCUT2D eigenvalue weighted by Gasteiger charge is -2.14. The van der Waals surface area contributed by atoms with Gasteiger partial charge in [-0.25, -0.2) is 9.80 Å². The summed E-state index contributed by atoms with van der Waals surface area (Å²) in [6.45, 7) is 1.98. The molecule has 0 spiro atoms. The van der Waals surface area contributed by atoms with Crippen LogP contribution in [0.3, 0.4) is 0 Å². The number of ether oxygens (including phenoxy) is 1. The molecule has 0 saturated carbocycles. The Hall–Kier alpha value is -2.83. The van der Waals surface area contributed by atoms with Crippen LogP contribution in [0.4, 0.5) is 5.69 Å². The molecular formula is C19H14Cl2N2O4. The number of esters is 1. The maximum absolute atomic E-state index is 12.6. The lowest BCUT2D eigenvalue weighted by Crippen LogP contribution is -2.35. The molecule has 0 aliphatic carbocycles. The van der Waals surface area contributed by atoms with Crippen LogP contribution in [0.5, 0.6) is 0 Å². The van der Waals surface area contributed by atoms with Crippen molar-refractivity contribution < 1.29 is 19.1 Å². The Kier molecular flexibility index (Phi) is 5.48. The molecule has 2 aromatic rings. The minimum atomic E-state index is -0.555. The fourth-order valence-corrected chi connectivity index (χ4v) is 2.94. The number of carbonyl (C=O) groups excluding carboxylic acids is 3. The van der Waals surface area contributed by atoms with E-state index in [1.807, 2.05) is 0 Å². The second-order valence-electron chi connectivity index (χ2n) is 5.57. The SMILES string of the molecule is CCOC(=O)c1ccc(N2NC(=O)C(=Cc3ccc(Cl)cc3Cl)C2=O)cc1. The molecule has 1 fully saturated rings. The van der Waals surface area contributed by atoms with Gasteiger partial charge in [0.05, 0.1) is 17.9 Å². The second-order valence-corrected chi connectivity index (χ2v) is 6.42. The average Bonchev–Trinajstić information content (AvgIpc) is 2.92. The van der Waals surface area contributed by atoms with Crippen LogP contribution in [0, 0.1) is 0 Å². The number of benzene rings is 2. The molecule has 3 rings (SSSR count). The molecule has 0 radical (unpaired) electrons. The minimum absolute atomic E-state index is 0.0614. The number of anilines is 1. The third kappa shape index (κ3) is 3.97. The van der Waals surface area contributed by atoms with Crippen LogP contribution in [0.2, 0.25) is 10.0 Å². The van der Waals surface area contributed by atoms with Crippen molar-refractivity contribution in [3.63, 3.8) is 0 Å². The van der Waals surface area contributed by atoms with Gasteiger partial charge in [-0.15, -0.1) is 0 Å². The summed E-state index contributed by atoms with van der Waals surface area (Å²) in [5.41, 5.74) is 3.68. The Morgan fingerprint density at radius 1 is 1.15 bits per heavy atom. The number of amides is 2. The van der Waals surface area contributed by atoms with Gasteiger partial charge in [0.1, 0.15) is 5.57 Å². The van der Waals surface area contributed by atoms with Crippen molar-refractivity contribution in [3.8, 4) is 0 Å². The number of hydrazine groups is 1. The lowest BCUT2D eigenvalue weighted by molar-refractivity contribution is -0.117. The molecule has 0 unspecified atom stereocenters. The van der Waals surface area contributed by atoms with Crippen LogP contribution in [-0.4, -0.2) is 24.4 Å². The van der Waals surface area contributed by atoms with Crippen molar-refractivity contribution in [1.29, 1.82) is 0 Å². The highest BCUT2D eigenvalue weighted by molar-refractivity contribution is 6.36. The fraction of sp³-hybridized carbons (Fsp3) is 0.105. The Morgan fingerprint density at radius 3 is 2.48 bits per heavy atom. The highest BCUT2D eigenvalue weighted by atomic mass is 35.5. The molecule has 138 valence electrons. The number of nitrogens with one attached hydrogen (secondary N) is 1. The second kappa shape index (κ2) is 7.82. The molecule has 1 N–H and O–H groups in total. The van der Waals surface area contributed by atoms with Gasteiger partial charge in [0.15, 0.2) is 0 Å². The number of hydrogen-bond acceptors (Lipinski definition) is 4. The first kappa shape index (κ1) is 18.9. The summed E-state index contributed by atoms with van der Waals surface area (Å²) in [6.07, 6.45) is 1.41. The molecule has 27 heavy (non-hydrogen) atoms. The van der Waals surface area contributed by atoms with Crippen molar-refractivity contribution in [2.45, 2.75) is 6.92 Å². The zero-order valence-electron chi connectivity index (χ0n) is 14.2. The standard InChI is InChI=1S/C19H14Cl2N2O4/c1-2-27-19(26)11-4-7-14(8-5-11)23-18(25)15(17(24)22-23)9-12-3-6-13(20)10-16(12)21/h3-10H,2H2,1H3,(H,22,24). The molecule has 2 aromatic carbocycles. The van der Waals surface area contributed by atoms with Gasteiger partial charge < -0.3 is 4.74 Å². The topological polar surface area (TPSA) is 75.7 Å². The first-order chi connectivity index (χ1) is 12.9. The average molecular weight is 405 g/mol. The summed E-state index contributed by atoms with van der Waals surface area (Å²) < 4.78 is 4.91. The van der Waals surface area contributed by atoms with Crippen molar-refractivity contribution in [2.24, 2.45) is 0 Å². The Bertz CT molecular complexity index is 955. The summed E-state index contributed by atoms with van der Waals surface area (Å²) in [6, 6.07) is 10.9. The van der Waals surface area contributed by atoms with Crippen molar-refractivity contribution >= 4 is 52.7 Å². The molecule has 1 heterocycles. The first-order valence-corrected chi connectivity index (χ1v) is 8.75. The van der Waals surface area contributed by atoms with Crippen LogP contribution < -0.4 is 10.4 Å². The number of hydrogen-bond donors (Lipinski definition) is 1. The zero-order valence-corrected chi connectivity index (χ0v) is 15.7. The van der Waals surface area contributed by atoms with E-state index in [4.69, 9.17) is 27.9 Å². The van der Waals surface area contributed by atoms with E-state index >= 15 is 0 Å². The van der Waals surface area contributed by atoms with E-state index in [9.17, 15) is 14.4 Å². The van der Waals surface area contributed by atoms with Gasteiger partial charge in [0.2, 0.25) is 0 Å². The molecule has 1 aliphatic rings. The van der Waals surface area contributed by atoms with E-state index in [1.165, 1.54) is 24.3 Å². The van der Waals surface area contributed by atoms with Gasteiger partial charge in [0, 0.05) is 10.0 Å². The predicted molar refractivity (Wildman–Crippen MR) is 102 cm³/mol. The van der Waals surface area contributed by atoms with Crippen LogP contribution in [0.15, 0.2) is 48.0 Å². The van der Waals surface area contributed by atoms with Gasteiger partial charge in [-0.2, -0.15) is 0 Å². The van der Waals surface area contributed by atoms with E-state index in [-0.39, 0.29) is 12.2 Å². The normalized spacial score (nSPS) is 15.2. The quantitative estimate of drug-likeness (QED) is 0.479. The molecule has 6 nitrogen and oxygen atoms in total. The van der Waals surface area contributed by atoms with E-state index in [2.05, 4.69) is 5.43 Å². The maximum atomic E-state index is 12.6. The van der Waals surface area contributed by atoms with Gasteiger partial charge in [-0.1, -0.05) is 29.3 Å². The number of nitrogens with zero attached hydrogens (tertiary/aromatic N) is 1. The summed E-state index contributed by atoms with van der Waals surface area (Å²) >= 11 is 12.0. The van der Waals surface area contributed by atoms with E-state index in [1.54, 1.807) is 31.2 Å². The smallest absolute Gasteiger partial charge is 0.338 e. The number of halogens is 2. The highest BCUT2D eigenvalue weighted by Crippen LogP contribution is 2.26. The summed E-state index contributed by atoms with van der Waals surface area (Å²) in [4.78, 5) is 36.6. The lowest BCUT2D eigenvalue weighted by atomic mass is 10.1. The molecular weight excluding hydrogens is 391 g/mol. The number of carbonyl (C=O) groups is 3. The number of rotatable bonds is 4. The highest BCUT2D eigenvalue weighted by Gasteiger charge is 2.34. The summed E-state index contributed by atoms with van der Waals surface area (Å²) in [5.74, 6) is -1.55. The molecule has 0 aromatic heterocycles. The first-order valence-electron chi connectivity index (χ1n) is 8.00. The van der Waals surface area contributed by atoms with Crippen molar-refractivity contribution in [1.82, 2.24) is 5.43 Å². The summed E-state index contributed by atoms with van der Waals surface area (Å²) in [7, 11) is 0. The molecule has 1 aliphatic heterocycles. The van der Waals surface area contributed by atoms with Gasteiger partial charge in [-0.3, -0.25) is 15.0 Å². The van der Waals surface area contributed by atoms with Crippen molar-refractivity contribution in [2.75, 3.05) is 11.6 Å². The zero-order chi connectivity index (χ0) is 19.6. The van der Waals surface area contributed by atoms with Crippen LogP contribution in [-0.2, 0) is 14.3 Å². The Labute approximate surface area is 165 Å². The van der Waals surface area contributed by atoms with E-state index in [0.717, 1.165) is 5.01 Å². The van der Waals surface area contributed by atoms with Gasteiger partial charge in [0.25, 0.3) is 11.8 Å². The summed E-state index contributed by atoms with van der Waals surface area (Å²) in [5, 5.41) is 1.88. The van der Waals surface area contributed by atoms with Gasteiger partial charge in [-0.05, 0) is 55.0 Å². The fourth-order valence-electron chi connectivity index (χ4n) is 2.47. The van der Waals surface area contributed by atoms with E-state index < -0.39 is 17.8 Å². The Morgan fingerprint density at radius 2 is 1.85 bits per heavy atom. The minimum Gasteiger partial charge on any atom is -0.462 e. The maximum Gasteiger partial charge on any atom is 0.338 e. The molecule has 0 bridgehead atoms. The predicted octanol–water partition coefficient (Wildman–Crippen LogP) is 3.63. The van der Waals surface area contributed by atoms with Crippen molar-refractivity contribution in [3.05, 3.63) is 69.2 Å². The Balaban J connectivity index is 1.85. The van der Waals surface area contributed by atoms with Gasteiger partial charge >= 0.3 is 5.97 Å². The molecule has 0 atom stereocenters. The third-order valence-corrected chi connectivity index (χ3v) is 4.35. The molecule has 8 heteroatoms. The van der Waals surface area contributed by atoms with Crippen LogP contribution in [0.25, 0.3) is 6.08 Å². The van der Waals surface area contributed by atoms with Crippen LogP contribution in [0.1, 0.15) is 22.8 Å². The van der Waals surface area contributed by atoms with E-state index in [0.29, 0.717) is 26.9 Å². The molecule has 2 amide bonds. The van der Waals surface area contributed by atoms with Crippen LogP contribution >= 0.6 is 23.2 Å². The molecule has 1 saturated heterocycles.